The first-order valence-corrected chi connectivity index (χ1v) is 10.6. The zero-order chi connectivity index (χ0) is 22.2. The number of hydrogen-bond acceptors (Lipinski definition) is 6. The Bertz CT molecular complexity index is 797. The third kappa shape index (κ3) is 6.61. The number of ether oxygens (including phenoxy) is 2. The average molecular weight is 560 g/mol. The van der Waals surface area contributed by atoms with Crippen LogP contribution in [0.1, 0.15) is 12.5 Å². The van der Waals surface area contributed by atoms with Gasteiger partial charge in [0.05, 0.1) is 33.9 Å². The Labute approximate surface area is 206 Å². The molecule has 0 aromatic heterocycles. The maximum atomic E-state index is 11.7. The van der Waals surface area contributed by atoms with Crippen LogP contribution in [0.3, 0.4) is 0 Å². The number of methoxy groups -OCH3 is 2. The summed E-state index contributed by atoms with van der Waals surface area (Å²) in [5, 5.41) is 5.84. The molecule has 0 radical (unpaired) electrons. The lowest BCUT2D eigenvalue weighted by Gasteiger charge is -2.36. The van der Waals surface area contributed by atoms with Gasteiger partial charge in [0.2, 0.25) is 5.91 Å². The molecular formula is C21H33IN6O4. The average Bonchev–Trinajstić information content (AvgIpc) is 3.11. The highest BCUT2D eigenvalue weighted by Crippen LogP contribution is 2.25. The molecule has 1 aromatic carbocycles. The van der Waals surface area contributed by atoms with E-state index in [1.165, 1.54) is 4.90 Å². The molecular weight excluding hydrogens is 527 g/mol. The van der Waals surface area contributed by atoms with Crippen LogP contribution in [-0.2, 0) is 11.3 Å². The zero-order valence-corrected chi connectivity index (χ0v) is 21.3. The first kappa shape index (κ1) is 26.0. The van der Waals surface area contributed by atoms with E-state index in [-0.39, 0.29) is 49.0 Å². The van der Waals surface area contributed by atoms with Crippen LogP contribution in [0.25, 0.3) is 0 Å². The molecule has 0 unspecified atom stereocenters. The largest absolute Gasteiger partial charge is 0.497 e. The molecule has 0 atom stereocenters. The van der Waals surface area contributed by atoms with E-state index in [1.54, 1.807) is 14.2 Å². The van der Waals surface area contributed by atoms with E-state index in [0.29, 0.717) is 6.54 Å². The number of amides is 3. The quantitative estimate of drug-likeness (QED) is 0.212. The number of nitrogens with zero attached hydrogens (tertiary/aromatic N) is 4. The summed E-state index contributed by atoms with van der Waals surface area (Å²) in [6, 6.07) is 5.52. The maximum Gasteiger partial charge on any atom is 0.324 e. The second-order valence-electron chi connectivity index (χ2n) is 7.38. The Kier molecular flexibility index (Phi) is 10.3. The molecule has 1 aromatic rings. The minimum atomic E-state index is -0.341. The van der Waals surface area contributed by atoms with Crippen molar-refractivity contribution in [1.82, 2.24) is 25.3 Å². The van der Waals surface area contributed by atoms with Gasteiger partial charge in [-0.2, -0.15) is 0 Å². The van der Waals surface area contributed by atoms with Gasteiger partial charge in [-0.05, 0) is 25.1 Å². The van der Waals surface area contributed by atoms with E-state index in [9.17, 15) is 9.59 Å². The van der Waals surface area contributed by atoms with Gasteiger partial charge in [0.15, 0.2) is 5.96 Å². The minimum Gasteiger partial charge on any atom is -0.497 e. The van der Waals surface area contributed by atoms with Crippen molar-refractivity contribution < 1.29 is 19.1 Å². The number of guanidine groups is 1. The van der Waals surface area contributed by atoms with E-state index in [1.807, 2.05) is 25.1 Å². The third-order valence-corrected chi connectivity index (χ3v) is 5.41. The Morgan fingerprint density at radius 3 is 2.50 bits per heavy atom. The highest BCUT2D eigenvalue weighted by molar-refractivity contribution is 14.0. The number of urea groups is 1. The molecule has 178 valence electrons. The lowest BCUT2D eigenvalue weighted by atomic mass is 10.1. The molecule has 0 saturated carbocycles. The molecule has 2 fully saturated rings. The number of aliphatic imine (C=N–C) groups is 1. The number of carbonyl (C=O) groups is 2. The Hall–Kier alpha value is -2.28. The molecule has 0 aliphatic carbocycles. The summed E-state index contributed by atoms with van der Waals surface area (Å²) >= 11 is 0. The number of imide groups is 1. The lowest BCUT2D eigenvalue weighted by molar-refractivity contribution is -0.124. The molecule has 32 heavy (non-hydrogen) atoms. The highest BCUT2D eigenvalue weighted by atomic mass is 127. The van der Waals surface area contributed by atoms with Gasteiger partial charge in [-0.3, -0.25) is 19.6 Å². The topological polar surface area (TPSA) is 98.7 Å². The number of benzene rings is 1. The Morgan fingerprint density at radius 1 is 1.16 bits per heavy atom. The van der Waals surface area contributed by atoms with Crippen molar-refractivity contribution in [3.63, 3.8) is 0 Å². The minimum absolute atomic E-state index is 0. The van der Waals surface area contributed by atoms with E-state index in [0.717, 1.165) is 62.3 Å². The third-order valence-electron chi connectivity index (χ3n) is 5.41. The highest BCUT2D eigenvalue weighted by Gasteiger charge is 2.28. The number of carbonyl (C=O) groups excluding carboxylic acids is 2. The molecule has 10 nitrogen and oxygen atoms in total. The fraction of sp³-hybridized carbons (Fsp3) is 0.571. The maximum absolute atomic E-state index is 11.7. The smallest absolute Gasteiger partial charge is 0.324 e. The summed E-state index contributed by atoms with van der Waals surface area (Å²) in [5.41, 5.74) is 1.10. The summed E-state index contributed by atoms with van der Waals surface area (Å²) in [5.74, 6) is 2.29. The monoisotopic (exact) mass is 560 g/mol. The molecule has 2 aliphatic heterocycles. The van der Waals surface area contributed by atoms with Crippen LogP contribution in [0, 0.1) is 0 Å². The standard InChI is InChI=1S/C21H32N6O4.HI/c1-4-22-20(23-7-8-27-19(28)14-24-21(27)29)26-11-9-25(10-12-26)15-16-13-17(30-2)5-6-18(16)31-3;/h5-6,13H,4,7-12,14-15H2,1-3H3,(H,22,23)(H,24,29);1H. The van der Waals surface area contributed by atoms with Gasteiger partial charge in [-0.1, -0.05) is 0 Å². The van der Waals surface area contributed by atoms with E-state index in [2.05, 4.69) is 25.4 Å². The molecule has 0 spiro atoms. The molecule has 2 heterocycles. The van der Waals surface area contributed by atoms with Gasteiger partial charge in [-0.15, -0.1) is 24.0 Å². The Balaban J connectivity index is 0.00000363. The normalized spacial score (nSPS) is 17.2. The fourth-order valence-corrected chi connectivity index (χ4v) is 3.73. The molecule has 2 N–H and O–H groups in total. The fourth-order valence-electron chi connectivity index (χ4n) is 3.73. The van der Waals surface area contributed by atoms with Gasteiger partial charge >= 0.3 is 6.03 Å². The van der Waals surface area contributed by atoms with Crippen molar-refractivity contribution in [2.24, 2.45) is 4.99 Å². The summed E-state index contributed by atoms with van der Waals surface area (Å²) in [6.45, 7) is 7.74. The van der Waals surface area contributed by atoms with Crippen LogP contribution < -0.4 is 20.1 Å². The van der Waals surface area contributed by atoms with E-state index < -0.39 is 0 Å². The number of halogens is 1. The van der Waals surface area contributed by atoms with Gasteiger partial charge in [0.25, 0.3) is 0 Å². The molecule has 11 heteroatoms. The second kappa shape index (κ2) is 12.7. The van der Waals surface area contributed by atoms with Crippen LogP contribution in [0.5, 0.6) is 11.5 Å². The lowest BCUT2D eigenvalue weighted by Crippen LogP contribution is -2.52. The number of rotatable bonds is 8. The van der Waals surface area contributed by atoms with Gasteiger partial charge in [-0.25, -0.2) is 4.79 Å². The summed E-state index contributed by atoms with van der Waals surface area (Å²) < 4.78 is 10.9. The number of nitrogens with one attached hydrogen (secondary N) is 2. The van der Waals surface area contributed by atoms with E-state index >= 15 is 0 Å². The molecule has 2 saturated heterocycles. The summed E-state index contributed by atoms with van der Waals surface area (Å²) in [6.07, 6.45) is 0. The molecule has 0 bridgehead atoms. The van der Waals surface area contributed by atoms with Crippen LogP contribution in [0.15, 0.2) is 23.2 Å². The van der Waals surface area contributed by atoms with Crippen LogP contribution >= 0.6 is 24.0 Å². The molecule has 3 amide bonds. The van der Waals surface area contributed by atoms with Crippen molar-refractivity contribution >= 4 is 41.9 Å². The van der Waals surface area contributed by atoms with Crippen LogP contribution in [-0.4, -0.2) is 99.2 Å². The first-order valence-electron chi connectivity index (χ1n) is 10.6. The number of hydrogen-bond donors (Lipinski definition) is 2. The van der Waals surface area contributed by atoms with Crippen LogP contribution in [0.2, 0.25) is 0 Å². The summed E-state index contributed by atoms with van der Waals surface area (Å²) in [4.78, 5) is 33.8. The predicted octanol–water partition coefficient (Wildman–Crippen LogP) is 0.957. The summed E-state index contributed by atoms with van der Waals surface area (Å²) in [7, 11) is 3.35. The van der Waals surface area contributed by atoms with Crippen molar-refractivity contribution in [2.45, 2.75) is 13.5 Å². The van der Waals surface area contributed by atoms with Crippen molar-refractivity contribution in [3.8, 4) is 11.5 Å². The van der Waals surface area contributed by atoms with Gasteiger partial charge < -0.3 is 25.0 Å². The molecule has 2 aliphatic rings. The second-order valence-corrected chi connectivity index (χ2v) is 7.38. The van der Waals surface area contributed by atoms with Crippen molar-refractivity contribution in [2.75, 3.05) is 66.6 Å². The van der Waals surface area contributed by atoms with E-state index in [4.69, 9.17) is 9.47 Å². The number of piperazine rings is 1. The Morgan fingerprint density at radius 2 is 1.91 bits per heavy atom. The SMILES string of the molecule is CCNC(=NCCN1C(=O)CNC1=O)N1CCN(Cc2cc(OC)ccc2OC)CC1.I. The first-order chi connectivity index (χ1) is 15.0. The van der Waals surface area contributed by atoms with Crippen LogP contribution in [0.4, 0.5) is 4.79 Å². The van der Waals surface area contributed by atoms with Gasteiger partial charge in [0.1, 0.15) is 11.5 Å². The zero-order valence-electron chi connectivity index (χ0n) is 18.9. The predicted molar refractivity (Wildman–Crippen MR) is 133 cm³/mol. The molecule has 3 rings (SSSR count). The van der Waals surface area contributed by atoms with Gasteiger partial charge in [0, 0.05) is 44.8 Å². The van der Waals surface area contributed by atoms with Crippen molar-refractivity contribution in [3.05, 3.63) is 23.8 Å². The van der Waals surface area contributed by atoms with Crippen molar-refractivity contribution in [1.29, 1.82) is 0 Å².